The molecule has 10 rings (SSSR count). The normalized spacial score (nSPS) is 21.9. The van der Waals surface area contributed by atoms with E-state index in [4.69, 9.17) is 39.8 Å². The number of hydrogen-bond acceptors (Lipinski definition) is 10. The molecule has 0 radical (unpaired) electrons. The number of alkyl halides is 6. The Morgan fingerprint density at radius 2 is 1.15 bits per heavy atom. The molecule has 508 valence electrons. The summed E-state index contributed by atoms with van der Waals surface area (Å²) in [6, 6.07) is -2.40. The standard InChI is InChI=1S/2C37H40F4N4O2S/c1-4-43(5-2)21-22-44(25(3)27-11-13-28(14-12-27)29-15-17-30(18-16-29)37(39,40)41)34(46)23-45-33-8-6-7-32(33)35(47)42-36(45)48-24-26-9-19-31(38)20-10-26;1-4-43(5-2)19-20-44(22-26-9-13-28(14-10-26)29-15-18-32(25(3)21-29)37(39,40)41)34(46)23-45-33-8-6-7-31(33)35(47)42-36(45)48-24-27-11-16-30(38)17-12-27/h9-20,25H,4-8,21-24H2,1-3H3;9-18,21H,4-8,19-20,22-24H2,1-3H3/i4D2,5D2,9D,10D,19D,20D,21D2,22D2,25D;4D2,5D2,6D2,7D2,8D2,9D,10D,13D,14D,15D,18D,19D2,20D2,21D,22D2. The van der Waals surface area contributed by atoms with Crippen molar-refractivity contribution in [3.63, 3.8) is 0 Å². The second-order valence-corrected chi connectivity index (χ2v) is 22.1. The maximum absolute atomic E-state index is 15.2. The molecule has 96 heavy (non-hydrogen) atoms. The molecule has 0 aliphatic heterocycles. The first kappa shape index (κ1) is 38.3. The van der Waals surface area contributed by atoms with Crippen LogP contribution in [0.4, 0.5) is 35.1 Å². The molecule has 2 amide bonds. The number of halogens is 8. The largest absolute Gasteiger partial charge is 0.416 e. The minimum absolute atomic E-state index is 0.0440. The van der Waals surface area contributed by atoms with Gasteiger partial charge in [0.1, 0.15) is 24.7 Å². The number of thioether (sulfide) groups is 2. The number of rotatable bonds is 26. The predicted octanol–water partition coefficient (Wildman–Crippen LogP) is 15.3. The lowest BCUT2D eigenvalue weighted by atomic mass is 9.98. The fourth-order valence-electron chi connectivity index (χ4n) is 9.25. The molecule has 0 bridgehead atoms. The quantitative estimate of drug-likeness (QED) is 0.0295. The Kier molecular flexibility index (Phi) is 13.1. The maximum Gasteiger partial charge on any atom is 0.416 e. The third-order valence-electron chi connectivity index (χ3n) is 14.1. The molecule has 2 heterocycles. The van der Waals surface area contributed by atoms with Crippen molar-refractivity contribution in [3.8, 4) is 22.3 Å². The molecule has 8 aromatic rings. The number of fused-ring (bicyclic) bond motifs is 2. The zero-order chi connectivity index (χ0) is 101. The highest BCUT2D eigenvalue weighted by molar-refractivity contribution is 7.98. The van der Waals surface area contributed by atoms with Gasteiger partial charge in [-0.15, -0.1) is 0 Å². The first-order valence-electron chi connectivity index (χ1n) is 46.5. The van der Waals surface area contributed by atoms with Crippen molar-refractivity contribution >= 4 is 35.3 Å². The zero-order valence-electron chi connectivity index (χ0n) is 87.4. The van der Waals surface area contributed by atoms with Gasteiger partial charge >= 0.3 is 12.4 Å². The van der Waals surface area contributed by atoms with E-state index in [2.05, 4.69) is 9.97 Å². The van der Waals surface area contributed by atoms with Gasteiger partial charge in [0.2, 0.25) is 11.8 Å². The average Bonchev–Trinajstić information content (AvgIpc) is 1.50. The van der Waals surface area contributed by atoms with Gasteiger partial charge in [-0.1, -0.05) is 148 Å². The molecule has 0 spiro atoms. The van der Waals surface area contributed by atoms with Gasteiger partial charge in [0.15, 0.2) is 10.3 Å². The van der Waals surface area contributed by atoms with Gasteiger partial charge in [-0.3, -0.25) is 19.2 Å². The number of likely N-dealkylation sites (N-methyl/N-ethyl adjacent to an activating group) is 2. The third kappa shape index (κ3) is 18.6. The minimum Gasteiger partial charge on any atom is -0.336 e. The fourth-order valence-corrected chi connectivity index (χ4v) is 11.1. The highest BCUT2D eigenvalue weighted by atomic mass is 32.2. The van der Waals surface area contributed by atoms with Crippen LogP contribution in [0, 0.1) is 18.6 Å². The Labute approximate surface area is 614 Å². The van der Waals surface area contributed by atoms with E-state index in [1.54, 1.807) is 0 Å². The molecule has 12 nitrogen and oxygen atoms in total. The van der Waals surface area contributed by atoms with Gasteiger partial charge in [-0.2, -0.15) is 36.3 Å². The van der Waals surface area contributed by atoms with Crippen molar-refractivity contribution in [1.29, 1.82) is 0 Å². The van der Waals surface area contributed by atoms with Gasteiger partial charge in [-0.05, 0) is 171 Å². The lowest BCUT2D eigenvalue weighted by Crippen LogP contribution is -2.42. The molecule has 1 unspecified atom stereocenters. The van der Waals surface area contributed by atoms with Gasteiger partial charge in [0, 0.05) is 91.2 Å². The number of carbonyl (C=O) groups is 2. The SMILES string of the molecule is [2H]c1c([2H])c(C([2H])([2H])N(C(=O)Cn2c(SCc3ccc(F)cc3)nc(=O)c3c2C([2H])([2H])C([2H])([2H])C3([2H])[2H])C([2H])([2H])C([2H])([2H])N(C([2H])([2H])C)C([2H])([2H])C)c([2H])c([2H])c1-c1c([2H])c([2H])c(C(F)(F)F)c(C)c1[2H].[2H]c1c([2H])c(CSc2nc(=O)c3c(n2CC(=O)N(C([2H])(C)c2ccc(-c4ccc(C(F)(F)F)cc4)cc2)C([2H])([2H])C([2H])([2H])N(C([2H])([2H])C)C([2H])([2H])C)CCC3)c([2H])c([2H])c1F. The number of hydrogen-bond donors (Lipinski definition) is 0. The van der Waals surface area contributed by atoms with Crippen LogP contribution >= 0.6 is 23.5 Å². The van der Waals surface area contributed by atoms with E-state index in [1.165, 1.54) is 53.1 Å². The number of nitrogens with zero attached hydrogens (tertiary/aromatic N) is 8. The second-order valence-electron chi connectivity index (χ2n) is 20.3. The summed E-state index contributed by atoms with van der Waals surface area (Å²) < 4.78 is 423. The van der Waals surface area contributed by atoms with Gasteiger partial charge in [-0.25, -0.2) is 8.78 Å². The van der Waals surface area contributed by atoms with E-state index in [0.29, 0.717) is 66.4 Å². The summed E-state index contributed by atoms with van der Waals surface area (Å²) in [5.74, 6) is -6.35. The smallest absolute Gasteiger partial charge is 0.336 e. The molecule has 0 saturated heterocycles. The second kappa shape index (κ2) is 32.9. The van der Waals surface area contributed by atoms with E-state index in [-0.39, 0.29) is 61.5 Å². The molecular weight excluding hydrogens is 1280 g/mol. The number of carbonyl (C=O) groups excluding carboxylic acids is 2. The van der Waals surface area contributed by atoms with Gasteiger partial charge in [0.25, 0.3) is 11.1 Å². The van der Waals surface area contributed by atoms with Crippen LogP contribution in [0.3, 0.4) is 0 Å². The Bertz CT molecular complexity index is 5880. The Hall–Kier alpha value is -7.92. The summed E-state index contributed by atoms with van der Waals surface area (Å²) in [6.45, 7) is -31.5. The van der Waals surface area contributed by atoms with Crippen molar-refractivity contribution in [2.75, 3.05) is 52.0 Å². The lowest BCUT2D eigenvalue weighted by molar-refractivity contribution is -0.138. The highest BCUT2D eigenvalue weighted by Gasteiger charge is 2.34. The molecule has 2 aliphatic rings. The summed E-state index contributed by atoms with van der Waals surface area (Å²) in [5, 5.41) is -1.02. The van der Waals surface area contributed by atoms with Gasteiger partial charge in [0.05, 0.1) is 41.8 Å². The predicted molar refractivity (Wildman–Crippen MR) is 363 cm³/mol. The van der Waals surface area contributed by atoms with Crippen LogP contribution < -0.4 is 11.1 Å². The van der Waals surface area contributed by atoms with E-state index in [1.807, 2.05) is 0 Å². The molecule has 1 atom stereocenters. The summed E-state index contributed by atoms with van der Waals surface area (Å²) in [4.78, 5) is 63.7. The highest BCUT2D eigenvalue weighted by Crippen LogP contribution is 2.36. The number of aromatic nitrogens is 4. The van der Waals surface area contributed by atoms with Crippen LogP contribution in [0.1, 0.15) is 164 Å². The first-order valence-corrected chi connectivity index (χ1v) is 30.5. The molecular formula is C74H80F8N8O4S2. The Balaban J connectivity index is 0.000000300. The molecule has 6 aromatic carbocycles. The Morgan fingerprint density at radius 3 is 1.74 bits per heavy atom. The van der Waals surface area contributed by atoms with Crippen molar-refractivity contribution in [1.82, 2.24) is 38.7 Å². The van der Waals surface area contributed by atoms with Gasteiger partial charge < -0.3 is 28.7 Å². The lowest BCUT2D eigenvalue weighted by Gasteiger charge is -2.33. The minimum atomic E-state index is -5.31. The van der Waals surface area contributed by atoms with E-state index in [0.717, 1.165) is 45.0 Å². The molecule has 0 saturated carbocycles. The fraction of sp³-hybridized carbons (Fsp3) is 0.378. The topological polar surface area (TPSA) is 117 Å². The van der Waals surface area contributed by atoms with Crippen LogP contribution in [0.25, 0.3) is 22.3 Å². The molecule has 0 fully saturated rings. The summed E-state index contributed by atoms with van der Waals surface area (Å²) >= 11 is 1.13. The van der Waals surface area contributed by atoms with Crippen molar-refractivity contribution in [2.45, 2.75) is 140 Å². The van der Waals surface area contributed by atoms with Crippen molar-refractivity contribution < 1.29 is 94.1 Å². The number of amides is 2. The molecule has 0 N–H and O–H groups in total. The van der Waals surface area contributed by atoms with E-state index in [9.17, 15) is 59.1 Å². The zero-order valence-corrected chi connectivity index (χ0v) is 53.1. The summed E-state index contributed by atoms with van der Waals surface area (Å²) in [6.07, 6.45) is -19.9. The summed E-state index contributed by atoms with van der Waals surface area (Å²) in [5.41, 5.74) is -11.5. The van der Waals surface area contributed by atoms with Crippen LogP contribution in [0.5, 0.6) is 0 Å². The van der Waals surface area contributed by atoms with E-state index >= 15 is 4.79 Å². The van der Waals surface area contributed by atoms with Crippen LogP contribution in [-0.2, 0) is 78.6 Å². The summed E-state index contributed by atoms with van der Waals surface area (Å²) in [7, 11) is 0. The van der Waals surface area contributed by atoms with Crippen molar-refractivity contribution in [3.05, 3.63) is 233 Å². The first-order chi connectivity index (χ1) is 59.6. The molecule has 2 aromatic heterocycles. The average molecular weight is 1400 g/mol. The van der Waals surface area contributed by atoms with Crippen LogP contribution in [0.2, 0.25) is 0 Å². The molecule has 22 heteroatoms. The number of benzene rings is 6. The third-order valence-corrected chi connectivity index (χ3v) is 16.1. The van der Waals surface area contributed by atoms with Crippen LogP contribution in [-0.4, -0.2) is 102 Å². The van der Waals surface area contributed by atoms with E-state index < -0.39 is 275 Å². The molecule has 2 aliphatic carbocycles. The Morgan fingerprint density at radius 1 is 0.604 bits per heavy atom. The van der Waals surface area contributed by atoms with Crippen LogP contribution in [0.15, 0.2) is 159 Å². The maximum atomic E-state index is 15.2. The monoisotopic (exact) mass is 1400 g/mol. The van der Waals surface area contributed by atoms with Crippen molar-refractivity contribution in [2.24, 2.45) is 0 Å².